The summed E-state index contributed by atoms with van der Waals surface area (Å²) < 4.78 is 2.72. The van der Waals surface area contributed by atoms with E-state index in [1.165, 1.54) is 0 Å². The molecule has 1 aliphatic carbocycles. The molecule has 0 aromatic carbocycles. The molecule has 2 aliphatic rings. The van der Waals surface area contributed by atoms with Crippen LogP contribution < -0.4 is 11.1 Å². The molecule has 2 aromatic rings. The lowest BCUT2D eigenvalue weighted by molar-refractivity contribution is 0.418. The molecule has 0 amide bonds. The number of pyridine rings is 1. The molecule has 2 aromatic heterocycles. The molecule has 3 heterocycles. The Morgan fingerprint density at radius 2 is 2.33 bits per heavy atom. The number of nitrogens with zero attached hydrogens (tertiary/aromatic N) is 4. The second-order valence-electron chi connectivity index (χ2n) is 5.76. The van der Waals surface area contributed by atoms with Crippen LogP contribution in [0.2, 0.25) is 5.02 Å². The van der Waals surface area contributed by atoms with Gasteiger partial charge in [0.25, 0.3) is 0 Å². The zero-order valence-electron chi connectivity index (χ0n) is 11.2. The van der Waals surface area contributed by atoms with Gasteiger partial charge in [0.05, 0.1) is 15.5 Å². The molecule has 0 saturated heterocycles. The number of fused-ring (bicyclic) bond motifs is 2. The molecule has 1 saturated carbocycles. The van der Waals surface area contributed by atoms with Crippen LogP contribution in [0.15, 0.2) is 17.0 Å². The van der Waals surface area contributed by atoms with E-state index in [2.05, 4.69) is 36.3 Å². The minimum Gasteiger partial charge on any atom is -0.369 e. The van der Waals surface area contributed by atoms with Crippen molar-refractivity contribution in [1.29, 1.82) is 0 Å². The van der Waals surface area contributed by atoms with E-state index in [-0.39, 0.29) is 5.41 Å². The van der Waals surface area contributed by atoms with Gasteiger partial charge in [-0.2, -0.15) is 0 Å². The topological polar surface area (TPSA) is 81.6 Å². The molecular formula is C13H14BrClN6. The summed E-state index contributed by atoms with van der Waals surface area (Å²) in [6, 6.07) is 0.303. The molecule has 0 radical (unpaired) electrons. The summed E-state index contributed by atoms with van der Waals surface area (Å²) in [5.74, 6) is 1.23. The van der Waals surface area contributed by atoms with Gasteiger partial charge in [-0.05, 0) is 35.2 Å². The van der Waals surface area contributed by atoms with Gasteiger partial charge in [-0.3, -0.25) is 0 Å². The third-order valence-electron chi connectivity index (χ3n) is 4.58. The Morgan fingerprint density at radius 3 is 3.10 bits per heavy atom. The minimum absolute atomic E-state index is 0.0224. The number of anilines is 2. The highest BCUT2D eigenvalue weighted by atomic mass is 79.9. The van der Waals surface area contributed by atoms with Crippen molar-refractivity contribution in [3.63, 3.8) is 0 Å². The van der Waals surface area contributed by atoms with Gasteiger partial charge in [-0.25, -0.2) is 14.6 Å². The summed E-state index contributed by atoms with van der Waals surface area (Å²) in [6.45, 7) is 0.867. The lowest BCUT2D eigenvalue weighted by Gasteiger charge is -2.24. The van der Waals surface area contributed by atoms with Crippen LogP contribution in [0, 0.1) is 0 Å². The highest BCUT2D eigenvalue weighted by Crippen LogP contribution is 2.53. The number of aromatic nitrogens is 4. The molecule has 1 spiro atoms. The second-order valence-corrected chi connectivity index (χ2v) is 6.99. The highest BCUT2D eigenvalue weighted by Gasteiger charge is 2.48. The van der Waals surface area contributed by atoms with E-state index >= 15 is 0 Å². The van der Waals surface area contributed by atoms with Crippen molar-refractivity contribution < 1.29 is 0 Å². The number of hydrogen-bond donors (Lipinski definition) is 2. The Balaban J connectivity index is 1.72. The van der Waals surface area contributed by atoms with Crippen molar-refractivity contribution >= 4 is 39.3 Å². The standard InChI is InChI=1S/C13H14BrClN6/c14-8-4-17-11-9(10(8)15)13(5-18-11)2-1-7(3-13)21-6-19-12(16)20-21/h4,6-7H,1-3,5H2,(H2,16,20)(H,17,18). The van der Waals surface area contributed by atoms with Crippen molar-refractivity contribution in [2.75, 3.05) is 17.6 Å². The Hall–Kier alpha value is -1.34. The fourth-order valence-corrected chi connectivity index (χ4v) is 4.24. The van der Waals surface area contributed by atoms with Crippen LogP contribution in [0.4, 0.5) is 11.8 Å². The van der Waals surface area contributed by atoms with Crippen LogP contribution in [-0.2, 0) is 5.41 Å². The normalized spacial score (nSPS) is 27.0. The lowest BCUT2D eigenvalue weighted by atomic mass is 9.81. The third-order valence-corrected chi connectivity index (χ3v) is 5.80. The first kappa shape index (κ1) is 13.3. The molecule has 1 fully saturated rings. The Labute approximate surface area is 135 Å². The largest absolute Gasteiger partial charge is 0.369 e. The summed E-state index contributed by atoms with van der Waals surface area (Å²) in [5, 5.41) is 8.41. The van der Waals surface area contributed by atoms with E-state index in [1.54, 1.807) is 12.5 Å². The van der Waals surface area contributed by atoms with Gasteiger partial charge in [0, 0.05) is 23.7 Å². The molecule has 1 aliphatic heterocycles. The molecule has 8 heteroatoms. The van der Waals surface area contributed by atoms with Gasteiger partial charge in [0.2, 0.25) is 5.95 Å². The third kappa shape index (κ3) is 1.94. The predicted octanol–water partition coefficient (Wildman–Crippen LogP) is 2.76. The van der Waals surface area contributed by atoms with Crippen molar-refractivity contribution in [3.8, 4) is 0 Å². The molecule has 2 atom stereocenters. The summed E-state index contributed by atoms with van der Waals surface area (Å²) >= 11 is 10.0. The maximum Gasteiger partial charge on any atom is 0.239 e. The van der Waals surface area contributed by atoms with Crippen molar-refractivity contribution in [3.05, 3.63) is 27.6 Å². The molecule has 0 bridgehead atoms. The number of nitrogens with one attached hydrogen (secondary N) is 1. The van der Waals surface area contributed by atoms with Gasteiger partial charge >= 0.3 is 0 Å². The lowest BCUT2D eigenvalue weighted by Crippen LogP contribution is -2.26. The van der Waals surface area contributed by atoms with Crippen molar-refractivity contribution in [2.45, 2.75) is 30.7 Å². The van der Waals surface area contributed by atoms with Gasteiger partial charge in [0.1, 0.15) is 12.1 Å². The first-order chi connectivity index (χ1) is 10.1. The number of halogens is 2. The van der Waals surface area contributed by atoms with Gasteiger partial charge in [0.15, 0.2) is 0 Å². The summed E-state index contributed by atoms with van der Waals surface area (Å²) in [4.78, 5) is 8.46. The van der Waals surface area contributed by atoms with Crippen LogP contribution in [-0.4, -0.2) is 26.3 Å². The van der Waals surface area contributed by atoms with Crippen molar-refractivity contribution in [2.24, 2.45) is 0 Å². The van der Waals surface area contributed by atoms with Crippen LogP contribution in [0.1, 0.15) is 30.9 Å². The molecule has 6 nitrogen and oxygen atoms in total. The zero-order chi connectivity index (χ0) is 14.6. The summed E-state index contributed by atoms with van der Waals surface area (Å²) in [6.07, 6.45) is 6.51. The van der Waals surface area contributed by atoms with Gasteiger partial charge in [-0.1, -0.05) is 11.6 Å². The van der Waals surface area contributed by atoms with E-state index in [1.807, 2.05) is 4.68 Å². The van der Waals surface area contributed by atoms with Crippen LogP contribution in [0.5, 0.6) is 0 Å². The van der Waals surface area contributed by atoms with E-state index < -0.39 is 0 Å². The van der Waals surface area contributed by atoms with E-state index in [9.17, 15) is 0 Å². The number of hydrogen-bond acceptors (Lipinski definition) is 5. The molecular weight excluding hydrogens is 356 g/mol. The van der Waals surface area contributed by atoms with Crippen LogP contribution in [0.3, 0.4) is 0 Å². The van der Waals surface area contributed by atoms with Crippen molar-refractivity contribution in [1.82, 2.24) is 19.7 Å². The molecule has 110 valence electrons. The second kappa shape index (κ2) is 4.58. The summed E-state index contributed by atoms with van der Waals surface area (Å²) in [7, 11) is 0. The molecule has 2 unspecified atom stereocenters. The summed E-state index contributed by atoms with van der Waals surface area (Å²) in [5.41, 5.74) is 6.77. The fraction of sp³-hybridized carbons (Fsp3) is 0.462. The number of rotatable bonds is 1. The first-order valence-corrected chi connectivity index (χ1v) is 8.01. The average molecular weight is 370 g/mol. The Morgan fingerprint density at radius 1 is 1.48 bits per heavy atom. The SMILES string of the molecule is Nc1ncn(C2CCC3(CNc4ncc(Br)c(Cl)c43)C2)n1. The first-order valence-electron chi connectivity index (χ1n) is 6.84. The highest BCUT2D eigenvalue weighted by molar-refractivity contribution is 9.10. The average Bonchev–Trinajstić information content (AvgIpc) is 3.15. The Kier molecular flexibility index (Phi) is 2.91. The monoisotopic (exact) mass is 368 g/mol. The zero-order valence-corrected chi connectivity index (χ0v) is 13.5. The minimum atomic E-state index is 0.0224. The van der Waals surface area contributed by atoms with Gasteiger partial charge < -0.3 is 11.1 Å². The maximum absolute atomic E-state index is 6.52. The predicted molar refractivity (Wildman–Crippen MR) is 84.4 cm³/mol. The molecule has 3 N–H and O–H groups in total. The van der Waals surface area contributed by atoms with Gasteiger partial charge in [-0.15, -0.1) is 5.10 Å². The fourth-order valence-electron chi connectivity index (χ4n) is 3.60. The van der Waals surface area contributed by atoms with Crippen LogP contribution in [0.25, 0.3) is 0 Å². The van der Waals surface area contributed by atoms with E-state index in [0.29, 0.717) is 12.0 Å². The quantitative estimate of drug-likeness (QED) is 0.808. The molecule has 21 heavy (non-hydrogen) atoms. The number of nitrogen functional groups attached to an aromatic ring is 1. The van der Waals surface area contributed by atoms with Crippen LogP contribution >= 0.6 is 27.5 Å². The smallest absolute Gasteiger partial charge is 0.239 e. The van der Waals surface area contributed by atoms with E-state index in [0.717, 1.165) is 46.7 Å². The number of nitrogens with two attached hydrogens (primary N) is 1. The van der Waals surface area contributed by atoms with E-state index in [4.69, 9.17) is 17.3 Å². The maximum atomic E-state index is 6.52. The Bertz CT molecular complexity index is 717. The molecule has 4 rings (SSSR count).